The largest absolute Gasteiger partial charge is 0.351 e. The van der Waals surface area contributed by atoms with Gasteiger partial charge >= 0.3 is 0 Å². The number of hydrogen-bond donors (Lipinski definition) is 1. The van der Waals surface area contributed by atoms with E-state index in [4.69, 9.17) is 0 Å². The van der Waals surface area contributed by atoms with E-state index in [0.29, 0.717) is 12.2 Å². The third-order valence-corrected chi connectivity index (χ3v) is 1.96. The molecule has 0 aliphatic carbocycles. The molecule has 0 aromatic carbocycles. The lowest BCUT2D eigenvalue weighted by molar-refractivity contribution is 0.0951. The van der Waals surface area contributed by atoms with Gasteiger partial charge in [0, 0.05) is 16.3 Å². The van der Waals surface area contributed by atoms with Crippen LogP contribution in [0.3, 0.4) is 0 Å². The standard InChI is InChI=1S/C8H9IN2O/c1-2-10-8(12)7-5-6(9)3-4-11-7/h3-5H,2H2,1H3,(H,10,12). The van der Waals surface area contributed by atoms with E-state index in [1.54, 1.807) is 12.3 Å². The maximum absolute atomic E-state index is 11.2. The van der Waals surface area contributed by atoms with E-state index in [1.807, 2.05) is 13.0 Å². The Morgan fingerprint density at radius 1 is 1.75 bits per heavy atom. The molecule has 0 atom stereocenters. The lowest BCUT2D eigenvalue weighted by atomic mass is 10.3. The van der Waals surface area contributed by atoms with E-state index < -0.39 is 0 Å². The van der Waals surface area contributed by atoms with Crippen molar-refractivity contribution in [3.05, 3.63) is 27.6 Å². The van der Waals surface area contributed by atoms with Gasteiger partial charge in [0.05, 0.1) is 0 Å². The second-order valence-electron chi connectivity index (χ2n) is 2.22. The Hall–Kier alpha value is -0.650. The van der Waals surface area contributed by atoms with Gasteiger partial charge in [-0.1, -0.05) is 0 Å². The fraction of sp³-hybridized carbons (Fsp3) is 0.250. The summed E-state index contributed by atoms with van der Waals surface area (Å²) in [5, 5.41) is 2.68. The van der Waals surface area contributed by atoms with E-state index in [-0.39, 0.29) is 5.91 Å². The molecule has 12 heavy (non-hydrogen) atoms. The zero-order valence-electron chi connectivity index (χ0n) is 6.67. The molecule has 4 heteroatoms. The molecule has 0 fully saturated rings. The van der Waals surface area contributed by atoms with Gasteiger partial charge < -0.3 is 5.32 Å². The number of pyridine rings is 1. The van der Waals surface area contributed by atoms with Crippen LogP contribution in [-0.2, 0) is 0 Å². The van der Waals surface area contributed by atoms with Crippen molar-refractivity contribution in [3.63, 3.8) is 0 Å². The second-order valence-corrected chi connectivity index (χ2v) is 3.46. The van der Waals surface area contributed by atoms with Crippen LogP contribution in [0.1, 0.15) is 17.4 Å². The SMILES string of the molecule is CCNC(=O)c1cc(I)ccn1. The molecule has 1 amide bonds. The average molecular weight is 276 g/mol. The van der Waals surface area contributed by atoms with Gasteiger partial charge in [0.2, 0.25) is 0 Å². The first-order valence-corrected chi connectivity index (χ1v) is 4.71. The molecule has 1 N–H and O–H groups in total. The van der Waals surface area contributed by atoms with Crippen molar-refractivity contribution < 1.29 is 4.79 Å². The number of nitrogens with one attached hydrogen (secondary N) is 1. The molecule has 1 heterocycles. The van der Waals surface area contributed by atoms with Gasteiger partial charge in [-0.2, -0.15) is 0 Å². The molecule has 3 nitrogen and oxygen atoms in total. The van der Waals surface area contributed by atoms with Crippen LogP contribution in [-0.4, -0.2) is 17.4 Å². The molecule has 1 aromatic heterocycles. The maximum Gasteiger partial charge on any atom is 0.269 e. The average Bonchev–Trinajstić information content (AvgIpc) is 2.05. The second kappa shape index (κ2) is 4.39. The molecule has 0 aliphatic heterocycles. The van der Waals surface area contributed by atoms with Gasteiger partial charge in [0.15, 0.2) is 0 Å². The van der Waals surface area contributed by atoms with Gasteiger partial charge in [0.25, 0.3) is 5.91 Å². The minimum atomic E-state index is -0.115. The number of halogens is 1. The van der Waals surface area contributed by atoms with Gasteiger partial charge in [-0.15, -0.1) is 0 Å². The van der Waals surface area contributed by atoms with Crippen LogP contribution in [0.5, 0.6) is 0 Å². The molecule has 0 unspecified atom stereocenters. The molecule has 64 valence electrons. The predicted octanol–water partition coefficient (Wildman–Crippen LogP) is 1.44. The zero-order valence-corrected chi connectivity index (χ0v) is 8.83. The Morgan fingerprint density at radius 3 is 3.08 bits per heavy atom. The van der Waals surface area contributed by atoms with Crippen LogP contribution in [0.15, 0.2) is 18.3 Å². The third kappa shape index (κ3) is 2.44. The molecular formula is C8H9IN2O. The van der Waals surface area contributed by atoms with Crippen LogP contribution in [0.2, 0.25) is 0 Å². The number of aromatic nitrogens is 1. The summed E-state index contributed by atoms with van der Waals surface area (Å²) >= 11 is 2.15. The summed E-state index contributed by atoms with van der Waals surface area (Å²) in [4.78, 5) is 15.2. The molecule has 0 saturated carbocycles. The molecule has 1 aromatic rings. The van der Waals surface area contributed by atoms with Crippen molar-refractivity contribution in [1.29, 1.82) is 0 Å². The fourth-order valence-electron chi connectivity index (χ4n) is 0.780. The number of amides is 1. The predicted molar refractivity (Wildman–Crippen MR) is 55.0 cm³/mol. The Morgan fingerprint density at radius 2 is 2.50 bits per heavy atom. The summed E-state index contributed by atoms with van der Waals surface area (Å²) < 4.78 is 1.02. The zero-order chi connectivity index (χ0) is 8.97. The smallest absolute Gasteiger partial charge is 0.269 e. The van der Waals surface area contributed by atoms with E-state index >= 15 is 0 Å². The first-order chi connectivity index (χ1) is 5.74. The quantitative estimate of drug-likeness (QED) is 0.830. The van der Waals surface area contributed by atoms with E-state index in [2.05, 4.69) is 32.9 Å². The lowest BCUT2D eigenvalue weighted by Crippen LogP contribution is -2.23. The lowest BCUT2D eigenvalue weighted by Gasteiger charge is -2.00. The minimum Gasteiger partial charge on any atom is -0.351 e. The van der Waals surface area contributed by atoms with Crippen LogP contribution in [0.25, 0.3) is 0 Å². The highest BCUT2D eigenvalue weighted by Crippen LogP contribution is 2.04. The number of hydrogen-bond acceptors (Lipinski definition) is 2. The highest BCUT2D eigenvalue weighted by molar-refractivity contribution is 14.1. The summed E-state index contributed by atoms with van der Waals surface area (Å²) in [6, 6.07) is 3.61. The summed E-state index contributed by atoms with van der Waals surface area (Å²) in [6.07, 6.45) is 1.63. The first kappa shape index (κ1) is 9.44. The normalized spacial score (nSPS) is 9.50. The first-order valence-electron chi connectivity index (χ1n) is 3.63. The molecule has 0 saturated heterocycles. The molecule has 1 rings (SSSR count). The Balaban J connectivity index is 2.81. The van der Waals surface area contributed by atoms with E-state index in [1.165, 1.54) is 0 Å². The number of carbonyl (C=O) groups excluding carboxylic acids is 1. The summed E-state index contributed by atoms with van der Waals surface area (Å²) in [6.45, 7) is 2.51. The van der Waals surface area contributed by atoms with Crippen LogP contribution in [0.4, 0.5) is 0 Å². The van der Waals surface area contributed by atoms with Crippen LogP contribution >= 0.6 is 22.6 Å². The number of nitrogens with zero attached hydrogens (tertiary/aromatic N) is 1. The van der Waals surface area contributed by atoms with Gasteiger partial charge in [-0.25, -0.2) is 0 Å². The number of rotatable bonds is 2. The maximum atomic E-state index is 11.2. The molecule has 0 radical (unpaired) electrons. The van der Waals surface area contributed by atoms with Crippen molar-refractivity contribution in [3.8, 4) is 0 Å². The van der Waals surface area contributed by atoms with E-state index in [0.717, 1.165) is 3.57 Å². The van der Waals surface area contributed by atoms with E-state index in [9.17, 15) is 4.79 Å². The molecule has 0 aliphatic rings. The minimum absolute atomic E-state index is 0.115. The van der Waals surface area contributed by atoms with Crippen molar-refractivity contribution >= 4 is 28.5 Å². The Labute approximate surface area is 84.7 Å². The van der Waals surface area contributed by atoms with Crippen molar-refractivity contribution in [2.75, 3.05) is 6.54 Å². The fourth-order valence-corrected chi connectivity index (χ4v) is 1.24. The summed E-state index contributed by atoms with van der Waals surface area (Å²) in [5.41, 5.74) is 0.476. The third-order valence-electron chi connectivity index (χ3n) is 1.29. The van der Waals surface area contributed by atoms with Gasteiger partial charge in [-0.3, -0.25) is 9.78 Å². The van der Waals surface area contributed by atoms with Crippen LogP contribution < -0.4 is 5.32 Å². The van der Waals surface area contributed by atoms with Crippen LogP contribution in [0, 0.1) is 3.57 Å². The summed E-state index contributed by atoms with van der Waals surface area (Å²) in [7, 11) is 0. The highest BCUT2D eigenvalue weighted by atomic mass is 127. The van der Waals surface area contributed by atoms with Crippen molar-refractivity contribution in [2.24, 2.45) is 0 Å². The van der Waals surface area contributed by atoms with Crippen molar-refractivity contribution in [1.82, 2.24) is 10.3 Å². The van der Waals surface area contributed by atoms with Gasteiger partial charge in [-0.05, 0) is 41.6 Å². The molecule has 0 spiro atoms. The number of carbonyl (C=O) groups is 1. The molecular weight excluding hydrogens is 267 g/mol. The Kier molecular flexibility index (Phi) is 3.46. The highest BCUT2D eigenvalue weighted by Gasteiger charge is 2.04. The monoisotopic (exact) mass is 276 g/mol. The Bertz CT molecular complexity index is 288. The molecule has 0 bridgehead atoms. The van der Waals surface area contributed by atoms with Crippen molar-refractivity contribution in [2.45, 2.75) is 6.92 Å². The van der Waals surface area contributed by atoms with Gasteiger partial charge in [0.1, 0.15) is 5.69 Å². The topological polar surface area (TPSA) is 42.0 Å². The summed E-state index contributed by atoms with van der Waals surface area (Å²) in [5.74, 6) is -0.115.